The summed E-state index contributed by atoms with van der Waals surface area (Å²) in [6.45, 7) is 11.7. The van der Waals surface area contributed by atoms with Crippen LogP contribution >= 0.6 is 0 Å². The van der Waals surface area contributed by atoms with Gasteiger partial charge in [0, 0.05) is 68.2 Å². The molecule has 0 saturated carbocycles. The molecule has 1 spiro atoms. The summed E-state index contributed by atoms with van der Waals surface area (Å²) in [4.78, 5) is 54.6. The molecule has 2 atom stereocenters. The van der Waals surface area contributed by atoms with Crippen LogP contribution in [0.2, 0.25) is 0 Å². The summed E-state index contributed by atoms with van der Waals surface area (Å²) in [5.41, 5.74) is 6.27. The van der Waals surface area contributed by atoms with Crippen molar-refractivity contribution in [3.05, 3.63) is 82.7 Å². The Balaban J connectivity index is 0.759. The fourth-order valence-electron chi connectivity index (χ4n) is 10.7. The molecule has 3 aromatic heterocycles. The van der Waals surface area contributed by atoms with E-state index in [0.29, 0.717) is 72.4 Å². The van der Waals surface area contributed by atoms with Crippen molar-refractivity contribution in [2.24, 2.45) is 18.4 Å². The van der Waals surface area contributed by atoms with Crippen LogP contribution in [0, 0.1) is 29.9 Å². The molecule has 336 valence electrons. The topological polar surface area (TPSA) is 143 Å². The van der Waals surface area contributed by atoms with Gasteiger partial charge in [0.15, 0.2) is 0 Å². The summed E-state index contributed by atoms with van der Waals surface area (Å²) >= 11 is 0. The molecular formula is C48H56F2N10O4. The number of imide groups is 1. The predicted molar refractivity (Wildman–Crippen MR) is 238 cm³/mol. The van der Waals surface area contributed by atoms with Gasteiger partial charge in [0.05, 0.1) is 41.0 Å². The van der Waals surface area contributed by atoms with E-state index in [1.807, 2.05) is 18.9 Å². The number of pyridine rings is 1. The summed E-state index contributed by atoms with van der Waals surface area (Å²) in [6, 6.07) is 13.1. The second-order valence-corrected chi connectivity index (χ2v) is 19.0. The van der Waals surface area contributed by atoms with E-state index in [1.54, 1.807) is 23.0 Å². The molecule has 5 aromatic rings. The van der Waals surface area contributed by atoms with Gasteiger partial charge in [-0.15, -0.1) is 0 Å². The van der Waals surface area contributed by atoms with Gasteiger partial charge in [-0.2, -0.15) is 5.10 Å². The number of carbonyl (C=O) groups is 3. The van der Waals surface area contributed by atoms with Crippen molar-refractivity contribution in [2.75, 3.05) is 56.1 Å². The molecule has 0 unspecified atom stereocenters. The van der Waals surface area contributed by atoms with E-state index in [-0.39, 0.29) is 24.3 Å². The van der Waals surface area contributed by atoms with Gasteiger partial charge in [-0.05, 0) is 131 Å². The number of rotatable bonds is 5. The molecule has 5 aliphatic rings. The van der Waals surface area contributed by atoms with Crippen LogP contribution in [-0.2, 0) is 29.7 Å². The molecule has 8 heterocycles. The van der Waals surface area contributed by atoms with Crippen LogP contribution in [0.1, 0.15) is 91.4 Å². The van der Waals surface area contributed by atoms with Gasteiger partial charge < -0.3 is 14.2 Å². The molecule has 4 saturated heterocycles. The van der Waals surface area contributed by atoms with Crippen molar-refractivity contribution >= 4 is 40.4 Å². The fraction of sp³-hybridized carbons (Fsp3) is 0.500. The van der Waals surface area contributed by atoms with Gasteiger partial charge in [0.25, 0.3) is 5.91 Å². The predicted octanol–water partition coefficient (Wildman–Crippen LogP) is 6.57. The number of hydrogen-bond acceptors (Lipinski definition) is 10. The molecule has 64 heavy (non-hydrogen) atoms. The monoisotopic (exact) mass is 874 g/mol. The number of nitrogens with zero attached hydrogens (tertiary/aromatic N) is 8. The summed E-state index contributed by atoms with van der Waals surface area (Å²) in [5.74, 6) is -2.29. The number of carbonyl (C=O) groups excluding carboxylic acids is 3. The largest absolute Gasteiger partial charge is 0.477 e. The zero-order valence-electron chi connectivity index (χ0n) is 36.8. The lowest BCUT2D eigenvalue weighted by Crippen LogP contribution is -2.62. The minimum Gasteiger partial charge on any atom is -0.477 e. The Bertz CT molecular complexity index is 2600. The van der Waals surface area contributed by atoms with Gasteiger partial charge >= 0.3 is 0 Å². The fourth-order valence-corrected chi connectivity index (χ4v) is 10.7. The van der Waals surface area contributed by atoms with Crippen LogP contribution in [0.5, 0.6) is 5.88 Å². The first kappa shape index (κ1) is 42.2. The van der Waals surface area contributed by atoms with Crippen LogP contribution in [0.15, 0.2) is 48.7 Å². The highest BCUT2D eigenvalue weighted by atomic mass is 19.1. The van der Waals surface area contributed by atoms with Gasteiger partial charge in [-0.3, -0.25) is 39.8 Å². The molecule has 4 fully saturated rings. The Hall–Kier alpha value is -5.74. The number of hydrogen-bond donors (Lipinski definition) is 2. The van der Waals surface area contributed by atoms with Crippen molar-refractivity contribution in [1.82, 2.24) is 39.4 Å². The molecule has 2 bridgehead atoms. The normalized spacial score (nSPS) is 22.5. The van der Waals surface area contributed by atoms with Crippen molar-refractivity contribution in [2.45, 2.75) is 90.3 Å². The van der Waals surface area contributed by atoms with E-state index >= 15 is 8.78 Å². The highest BCUT2D eigenvalue weighted by Crippen LogP contribution is 2.43. The minimum atomic E-state index is -0.997. The Labute approximate surface area is 371 Å². The van der Waals surface area contributed by atoms with Crippen LogP contribution in [0.25, 0.3) is 22.3 Å². The lowest BCUT2D eigenvalue weighted by molar-refractivity contribution is -0.134. The number of nitrogens with one attached hydrogen (secondary N) is 2. The Morgan fingerprint density at radius 3 is 2.39 bits per heavy atom. The van der Waals surface area contributed by atoms with Crippen LogP contribution in [0.3, 0.4) is 0 Å². The number of halogens is 2. The average molecular weight is 875 g/mol. The second kappa shape index (κ2) is 17.0. The molecule has 16 heteroatoms. The molecule has 3 amide bonds. The number of benzene rings is 2. The van der Waals surface area contributed by atoms with Crippen LogP contribution in [-0.4, -0.2) is 104 Å². The van der Waals surface area contributed by atoms with E-state index in [4.69, 9.17) is 14.7 Å². The number of aromatic nitrogens is 5. The maximum absolute atomic E-state index is 15.2. The molecular weight excluding hydrogens is 819 g/mol. The van der Waals surface area contributed by atoms with Gasteiger partial charge in [0.2, 0.25) is 23.6 Å². The summed E-state index contributed by atoms with van der Waals surface area (Å²) in [5, 5.41) is 9.78. The number of amides is 3. The van der Waals surface area contributed by atoms with Gasteiger partial charge in [-0.25, -0.2) is 18.4 Å². The quantitative estimate of drug-likeness (QED) is 0.187. The SMILES string of the molecule is Cc1cc2cc(n1)-c1cnn(C)c1OCCC[C@@H](C)Cn1c(nc3ccc(CN4CCC5(CC4)CCN(C4CN(c6cc(F)c([C@H]7CCC(=O)NC7=O)c(F)c6)C4)CC5)cc31)NC2=O. The summed E-state index contributed by atoms with van der Waals surface area (Å²) < 4.78 is 40.6. The Kier molecular flexibility index (Phi) is 11.2. The van der Waals surface area contributed by atoms with Crippen LogP contribution < -0.4 is 20.3 Å². The first-order chi connectivity index (χ1) is 30.9. The number of anilines is 2. The standard InChI is InChI=1S/C48H56F2N10O4/c1-29-5-4-18-64-46-36(24-51-56(46)3)40-21-32(19-30(2)52-40)44(62)55-47-53-39-8-6-31(20-41(39)60(47)25-29)26-57-14-10-48(11-15-57)12-16-58(17-13-48)34-27-59(28-34)33-22-37(49)43(38(50)23-33)35-7-9-42(61)54-45(35)63/h6,8,19-24,29,34-35H,4-5,7,9-18,25-28H2,1-3H3,(H,53,55,62)(H,54,61,63)/t29-,35-/m1/s1. The number of ether oxygens (including phenoxy) is 1. The molecule has 0 radical (unpaired) electrons. The third kappa shape index (κ3) is 8.26. The first-order valence-corrected chi connectivity index (χ1v) is 22.9. The zero-order chi connectivity index (χ0) is 44.3. The maximum Gasteiger partial charge on any atom is 0.258 e. The molecule has 10 rings (SSSR count). The number of imidazole rings is 1. The number of piperidine rings is 3. The highest BCUT2D eigenvalue weighted by molar-refractivity contribution is 6.05. The Morgan fingerprint density at radius 1 is 0.891 bits per heavy atom. The number of fused-ring (bicyclic) bond motifs is 7. The van der Waals surface area contributed by atoms with E-state index in [2.05, 4.69) is 55.2 Å². The lowest BCUT2D eigenvalue weighted by atomic mass is 9.71. The minimum absolute atomic E-state index is 0.0672. The van der Waals surface area contributed by atoms with Crippen molar-refractivity contribution < 1.29 is 27.9 Å². The van der Waals surface area contributed by atoms with Crippen molar-refractivity contribution in [3.8, 4) is 17.1 Å². The number of aryl methyl sites for hydroxylation is 2. The number of likely N-dealkylation sites (tertiary alicyclic amines) is 2. The van der Waals surface area contributed by atoms with Crippen LogP contribution in [0.4, 0.5) is 20.4 Å². The van der Waals surface area contributed by atoms with Gasteiger partial charge in [-0.1, -0.05) is 13.0 Å². The van der Waals surface area contributed by atoms with Crippen molar-refractivity contribution in [1.29, 1.82) is 0 Å². The lowest BCUT2D eigenvalue weighted by Gasteiger charge is -2.52. The summed E-state index contributed by atoms with van der Waals surface area (Å²) in [7, 11) is 1.85. The highest BCUT2D eigenvalue weighted by Gasteiger charge is 2.42. The molecule has 5 aliphatic heterocycles. The Morgan fingerprint density at radius 2 is 1.64 bits per heavy atom. The molecule has 0 aliphatic carbocycles. The third-order valence-electron chi connectivity index (χ3n) is 14.6. The summed E-state index contributed by atoms with van der Waals surface area (Å²) in [6.07, 6.45) is 8.32. The van der Waals surface area contributed by atoms with Gasteiger partial charge in [0.1, 0.15) is 11.6 Å². The van der Waals surface area contributed by atoms with E-state index < -0.39 is 29.4 Å². The van der Waals surface area contributed by atoms with E-state index in [9.17, 15) is 14.4 Å². The third-order valence-corrected chi connectivity index (χ3v) is 14.6. The average Bonchev–Trinajstić information content (AvgIpc) is 3.78. The molecule has 2 aromatic carbocycles. The zero-order valence-corrected chi connectivity index (χ0v) is 36.8. The van der Waals surface area contributed by atoms with E-state index in [0.717, 1.165) is 93.5 Å². The van der Waals surface area contributed by atoms with E-state index in [1.165, 1.54) is 17.7 Å². The second-order valence-electron chi connectivity index (χ2n) is 19.0. The molecule has 14 nitrogen and oxygen atoms in total. The molecule has 2 N–H and O–H groups in total. The maximum atomic E-state index is 15.2. The smallest absolute Gasteiger partial charge is 0.258 e. The van der Waals surface area contributed by atoms with Crippen molar-refractivity contribution in [3.63, 3.8) is 0 Å². The first-order valence-electron chi connectivity index (χ1n) is 22.9.